The van der Waals surface area contributed by atoms with Crippen LogP contribution in [0.25, 0.3) is 0 Å². The molecule has 2 saturated heterocycles. The molecule has 3 amide bonds. The molecule has 0 saturated carbocycles. The van der Waals surface area contributed by atoms with E-state index in [1.807, 2.05) is 25.7 Å². The third-order valence-electron chi connectivity index (χ3n) is 5.32. The maximum absolute atomic E-state index is 13.0. The number of rotatable bonds is 2. The summed E-state index contributed by atoms with van der Waals surface area (Å²) < 4.78 is 13.0. The Bertz CT molecular complexity index is 655. The van der Waals surface area contributed by atoms with Crippen LogP contribution in [0.15, 0.2) is 24.3 Å². The third kappa shape index (κ3) is 4.17. The van der Waals surface area contributed by atoms with Crippen LogP contribution in [0.1, 0.15) is 52.9 Å². The zero-order valence-electron chi connectivity index (χ0n) is 15.7. The first kappa shape index (κ1) is 18.7. The zero-order chi connectivity index (χ0) is 18.9. The Hall–Kier alpha value is -2.11. The van der Waals surface area contributed by atoms with Crippen LogP contribution in [0.3, 0.4) is 0 Å². The molecule has 1 aromatic rings. The Balaban J connectivity index is 1.65. The van der Waals surface area contributed by atoms with Crippen molar-refractivity contribution >= 4 is 17.6 Å². The van der Waals surface area contributed by atoms with E-state index in [0.29, 0.717) is 5.69 Å². The van der Waals surface area contributed by atoms with Crippen molar-refractivity contribution in [2.75, 3.05) is 5.32 Å². The van der Waals surface area contributed by atoms with Crippen molar-refractivity contribution in [3.05, 3.63) is 30.1 Å². The Morgan fingerprint density at radius 1 is 1.08 bits per heavy atom. The number of carbonyl (C=O) groups is 2. The molecule has 2 aliphatic rings. The molecule has 2 aliphatic heterocycles. The summed E-state index contributed by atoms with van der Waals surface area (Å²) in [6.45, 7) is 5.73. The van der Waals surface area contributed by atoms with Gasteiger partial charge in [-0.25, -0.2) is 9.18 Å². The lowest BCUT2D eigenvalue weighted by Gasteiger charge is -2.49. The third-order valence-corrected chi connectivity index (χ3v) is 5.32. The average molecular weight is 361 g/mol. The highest BCUT2D eigenvalue weighted by Gasteiger charge is 2.41. The van der Waals surface area contributed by atoms with Gasteiger partial charge in [0.2, 0.25) is 5.91 Å². The fraction of sp³-hybridized carbons (Fsp3) is 0.600. The van der Waals surface area contributed by atoms with Gasteiger partial charge in [-0.3, -0.25) is 4.79 Å². The van der Waals surface area contributed by atoms with Gasteiger partial charge in [0, 0.05) is 29.2 Å². The molecule has 2 N–H and O–H groups in total. The standard InChI is InChI=1S/C20H28FN3O2/c1-20(2,3)18(25)22-15-11-16-5-4-6-17(12-15)24(16)19(26)23-14-9-7-13(21)8-10-14/h7-10,15-17H,4-6,11-12H2,1-3H3,(H,22,25)(H,23,26)/t16-,17-/m1/s1. The minimum absolute atomic E-state index is 0.0600. The second-order valence-electron chi connectivity index (χ2n) is 8.47. The summed E-state index contributed by atoms with van der Waals surface area (Å²) in [5.74, 6) is -0.264. The van der Waals surface area contributed by atoms with E-state index in [0.717, 1.165) is 32.1 Å². The van der Waals surface area contributed by atoms with E-state index in [1.165, 1.54) is 12.1 Å². The molecule has 142 valence electrons. The summed E-state index contributed by atoms with van der Waals surface area (Å²) >= 11 is 0. The highest BCUT2D eigenvalue weighted by atomic mass is 19.1. The zero-order valence-corrected chi connectivity index (χ0v) is 15.7. The van der Waals surface area contributed by atoms with Gasteiger partial charge in [0.15, 0.2) is 0 Å². The van der Waals surface area contributed by atoms with Crippen LogP contribution in [-0.2, 0) is 4.79 Å². The van der Waals surface area contributed by atoms with Gasteiger partial charge in [-0.15, -0.1) is 0 Å². The van der Waals surface area contributed by atoms with Crippen LogP contribution in [-0.4, -0.2) is 35.0 Å². The minimum Gasteiger partial charge on any atom is -0.353 e. The van der Waals surface area contributed by atoms with E-state index in [-0.39, 0.29) is 35.9 Å². The lowest BCUT2D eigenvalue weighted by Crippen LogP contribution is -2.60. The van der Waals surface area contributed by atoms with Crippen LogP contribution in [0.5, 0.6) is 0 Å². The van der Waals surface area contributed by atoms with Crippen molar-refractivity contribution in [3.8, 4) is 0 Å². The summed E-state index contributed by atoms with van der Waals surface area (Å²) in [6.07, 6.45) is 4.59. The molecule has 0 aromatic heterocycles. The highest BCUT2D eigenvalue weighted by Crippen LogP contribution is 2.35. The fourth-order valence-electron chi connectivity index (χ4n) is 3.95. The smallest absolute Gasteiger partial charge is 0.322 e. The Morgan fingerprint density at radius 2 is 1.65 bits per heavy atom. The first-order chi connectivity index (χ1) is 12.2. The summed E-state index contributed by atoms with van der Waals surface area (Å²) in [7, 11) is 0. The van der Waals surface area contributed by atoms with Crippen molar-refractivity contribution < 1.29 is 14.0 Å². The van der Waals surface area contributed by atoms with Gasteiger partial charge in [-0.2, -0.15) is 0 Å². The molecular weight excluding hydrogens is 333 g/mol. The number of hydrogen-bond acceptors (Lipinski definition) is 2. The maximum Gasteiger partial charge on any atom is 0.322 e. The molecule has 2 bridgehead atoms. The number of anilines is 1. The molecule has 26 heavy (non-hydrogen) atoms. The molecule has 0 unspecified atom stereocenters. The lowest BCUT2D eigenvalue weighted by atomic mass is 9.81. The number of halogens is 1. The number of benzene rings is 1. The number of urea groups is 1. The van der Waals surface area contributed by atoms with Crippen molar-refractivity contribution in [3.63, 3.8) is 0 Å². The SMILES string of the molecule is CC(C)(C)C(=O)NC1C[C@H]2CCC[C@H](C1)N2C(=O)Nc1ccc(F)cc1. The number of amides is 3. The molecule has 2 atom stereocenters. The second-order valence-corrected chi connectivity index (χ2v) is 8.47. The molecule has 2 fully saturated rings. The van der Waals surface area contributed by atoms with Crippen LogP contribution in [0.4, 0.5) is 14.9 Å². The van der Waals surface area contributed by atoms with E-state index in [4.69, 9.17) is 0 Å². The van der Waals surface area contributed by atoms with Crippen LogP contribution >= 0.6 is 0 Å². The molecule has 1 aromatic carbocycles. The van der Waals surface area contributed by atoms with E-state index >= 15 is 0 Å². The highest BCUT2D eigenvalue weighted by molar-refractivity contribution is 5.90. The molecule has 5 nitrogen and oxygen atoms in total. The summed E-state index contributed by atoms with van der Waals surface area (Å²) in [4.78, 5) is 27.0. The van der Waals surface area contributed by atoms with Crippen molar-refractivity contribution in [2.45, 2.75) is 71.0 Å². The van der Waals surface area contributed by atoms with Crippen molar-refractivity contribution in [1.29, 1.82) is 0 Å². The van der Waals surface area contributed by atoms with Crippen molar-refractivity contribution in [1.82, 2.24) is 10.2 Å². The minimum atomic E-state index is -0.411. The Kier molecular flexibility index (Phi) is 5.21. The number of nitrogens with one attached hydrogen (secondary N) is 2. The predicted octanol–water partition coefficient (Wildman–Crippen LogP) is 3.91. The number of nitrogens with zero attached hydrogens (tertiary/aromatic N) is 1. The quantitative estimate of drug-likeness (QED) is 0.839. The Morgan fingerprint density at radius 3 is 2.19 bits per heavy atom. The first-order valence-corrected chi connectivity index (χ1v) is 9.40. The normalized spacial score (nSPS) is 25.5. The molecule has 6 heteroatoms. The molecule has 0 aliphatic carbocycles. The van der Waals surface area contributed by atoms with Crippen LogP contribution < -0.4 is 10.6 Å². The van der Waals surface area contributed by atoms with Gasteiger partial charge in [-0.05, 0) is 56.4 Å². The summed E-state index contributed by atoms with van der Waals surface area (Å²) in [5.41, 5.74) is 0.185. The second kappa shape index (κ2) is 7.25. The Labute approximate surface area is 154 Å². The number of piperidine rings is 2. The summed E-state index contributed by atoms with van der Waals surface area (Å²) in [5, 5.41) is 6.04. The van der Waals surface area contributed by atoms with E-state index < -0.39 is 5.41 Å². The van der Waals surface area contributed by atoms with E-state index in [9.17, 15) is 14.0 Å². The molecule has 3 rings (SSSR count). The van der Waals surface area contributed by atoms with E-state index in [1.54, 1.807) is 12.1 Å². The number of carbonyl (C=O) groups excluding carboxylic acids is 2. The predicted molar refractivity (Wildman–Crippen MR) is 99.3 cm³/mol. The average Bonchev–Trinajstić information content (AvgIpc) is 2.55. The topological polar surface area (TPSA) is 61.4 Å². The number of hydrogen-bond donors (Lipinski definition) is 2. The van der Waals surface area contributed by atoms with E-state index in [2.05, 4.69) is 10.6 Å². The van der Waals surface area contributed by atoms with Crippen molar-refractivity contribution in [2.24, 2.45) is 5.41 Å². The molecular formula is C20H28FN3O2. The van der Waals surface area contributed by atoms with Gasteiger partial charge in [-0.1, -0.05) is 20.8 Å². The van der Waals surface area contributed by atoms with Gasteiger partial charge < -0.3 is 15.5 Å². The van der Waals surface area contributed by atoms with Gasteiger partial charge in [0.25, 0.3) is 0 Å². The number of fused-ring (bicyclic) bond motifs is 2. The van der Waals surface area contributed by atoms with Crippen LogP contribution in [0.2, 0.25) is 0 Å². The van der Waals surface area contributed by atoms with Crippen LogP contribution in [0, 0.1) is 11.2 Å². The molecule has 0 spiro atoms. The largest absolute Gasteiger partial charge is 0.353 e. The lowest BCUT2D eigenvalue weighted by molar-refractivity contribution is -0.129. The first-order valence-electron chi connectivity index (χ1n) is 9.40. The van der Waals surface area contributed by atoms with Gasteiger partial charge in [0.05, 0.1) is 0 Å². The molecule has 0 radical (unpaired) electrons. The molecule has 2 heterocycles. The maximum atomic E-state index is 13.0. The van der Waals surface area contributed by atoms with Gasteiger partial charge >= 0.3 is 6.03 Å². The van der Waals surface area contributed by atoms with Gasteiger partial charge in [0.1, 0.15) is 5.82 Å². The monoisotopic (exact) mass is 361 g/mol. The fourth-order valence-corrected chi connectivity index (χ4v) is 3.95. The summed E-state index contributed by atoms with van der Waals surface area (Å²) in [6, 6.07) is 6.06.